The number of pyridine rings is 1. The summed E-state index contributed by atoms with van der Waals surface area (Å²) in [5.41, 5.74) is 3.39. The van der Waals surface area contributed by atoms with Gasteiger partial charge in [-0.05, 0) is 50.6 Å². The number of thioether (sulfide) groups is 1. The Morgan fingerprint density at radius 3 is 2.74 bits per heavy atom. The van der Waals surface area contributed by atoms with Gasteiger partial charge < -0.3 is 15.4 Å². The average molecular weight is 499 g/mol. The lowest BCUT2D eigenvalue weighted by molar-refractivity contribution is -0.138. The molecule has 3 heterocycles. The number of nitrogens with zero attached hydrogens (tertiary/aromatic N) is 4. The molecule has 0 saturated carbocycles. The molecule has 2 amide bonds. The summed E-state index contributed by atoms with van der Waals surface area (Å²) < 4.78 is 7.12. The van der Waals surface area contributed by atoms with Crippen molar-refractivity contribution in [3.05, 3.63) is 64.6 Å². The van der Waals surface area contributed by atoms with E-state index in [1.807, 2.05) is 41.8 Å². The van der Waals surface area contributed by atoms with Crippen LogP contribution in [0, 0.1) is 6.92 Å². The van der Waals surface area contributed by atoms with Crippen molar-refractivity contribution in [1.29, 1.82) is 0 Å². The molecule has 3 aromatic rings. The average Bonchev–Trinajstić information content (AvgIpc) is 3.23. The highest BCUT2D eigenvalue weighted by Crippen LogP contribution is 2.32. The van der Waals surface area contributed by atoms with Crippen molar-refractivity contribution in [2.45, 2.75) is 32.0 Å². The molecule has 11 heteroatoms. The molecule has 0 bridgehead atoms. The summed E-state index contributed by atoms with van der Waals surface area (Å²) >= 11 is 7.76. The first-order chi connectivity index (χ1) is 16.4. The molecule has 0 fully saturated rings. The molecule has 0 unspecified atom stereocenters. The number of benzene rings is 1. The van der Waals surface area contributed by atoms with Gasteiger partial charge in [0, 0.05) is 34.4 Å². The van der Waals surface area contributed by atoms with Crippen LogP contribution in [-0.2, 0) is 9.53 Å². The molecule has 34 heavy (non-hydrogen) atoms. The number of carbonyl (C=O) groups excluding carboxylic acids is 2. The van der Waals surface area contributed by atoms with E-state index in [2.05, 4.69) is 25.8 Å². The Hall–Kier alpha value is -3.37. The van der Waals surface area contributed by atoms with Gasteiger partial charge in [-0.25, -0.2) is 9.59 Å². The summed E-state index contributed by atoms with van der Waals surface area (Å²) in [7, 11) is 0. The maximum atomic E-state index is 12.6. The molecule has 1 aromatic carbocycles. The Kier molecular flexibility index (Phi) is 7.18. The van der Waals surface area contributed by atoms with E-state index in [-0.39, 0.29) is 18.4 Å². The van der Waals surface area contributed by atoms with Crippen molar-refractivity contribution >= 4 is 35.4 Å². The highest BCUT2D eigenvalue weighted by molar-refractivity contribution is 7.99. The Bertz CT molecular complexity index is 1260. The molecule has 9 nitrogen and oxygen atoms in total. The van der Waals surface area contributed by atoms with Crippen LogP contribution in [0.4, 0.5) is 4.79 Å². The zero-order valence-corrected chi connectivity index (χ0v) is 20.4. The lowest BCUT2D eigenvalue weighted by Crippen LogP contribution is -2.49. The van der Waals surface area contributed by atoms with Crippen molar-refractivity contribution in [2.75, 3.05) is 12.4 Å². The number of carbonyl (C=O) groups is 2. The van der Waals surface area contributed by atoms with Gasteiger partial charge in [0.2, 0.25) is 0 Å². The van der Waals surface area contributed by atoms with Crippen molar-refractivity contribution in [3.63, 3.8) is 0 Å². The fourth-order valence-corrected chi connectivity index (χ4v) is 4.72. The number of aromatic nitrogens is 4. The fraction of sp³-hybridized carbons (Fsp3) is 0.261. The van der Waals surface area contributed by atoms with Crippen molar-refractivity contribution in [2.24, 2.45) is 0 Å². The summed E-state index contributed by atoms with van der Waals surface area (Å²) in [6, 6.07) is 8.48. The lowest BCUT2D eigenvalue weighted by Gasteiger charge is -2.26. The predicted molar refractivity (Wildman–Crippen MR) is 130 cm³/mol. The number of urea groups is 1. The quantitative estimate of drug-likeness (QED) is 0.375. The summed E-state index contributed by atoms with van der Waals surface area (Å²) in [5, 5.41) is 15.5. The normalized spacial score (nSPS) is 15.6. The molecule has 0 spiro atoms. The van der Waals surface area contributed by atoms with Gasteiger partial charge in [-0.3, -0.25) is 9.55 Å². The van der Waals surface area contributed by atoms with Gasteiger partial charge in [0.25, 0.3) is 0 Å². The third-order valence-corrected chi connectivity index (χ3v) is 6.63. The number of ether oxygens (including phenoxy) is 1. The van der Waals surface area contributed by atoms with E-state index in [1.165, 1.54) is 11.8 Å². The minimum atomic E-state index is -0.483. The van der Waals surface area contributed by atoms with Crippen LogP contribution in [0.1, 0.15) is 19.4 Å². The van der Waals surface area contributed by atoms with E-state index in [4.69, 9.17) is 16.3 Å². The molecule has 1 aliphatic rings. The highest BCUT2D eigenvalue weighted by Gasteiger charge is 2.30. The van der Waals surface area contributed by atoms with Crippen molar-refractivity contribution in [3.8, 4) is 17.1 Å². The maximum Gasteiger partial charge on any atom is 0.337 e. The number of hydrogen-bond donors (Lipinski definition) is 2. The summed E-state index contributed by atoms with van der Waals surface area (Å²) in [6.45, 7) is 5.65. The zero-order valence-electron chi connectivity index (χ0n) is 18.8. The van der Waals surface area contributed by atoms with E-state index in [0.29, 0.717) is 27.3 Å². The second-order valence-electron chi connectivity index (χ2n) is 7.48. The van der Waals surface area contributed by atoms with Gasteiger partial charge in [0.1, 0.15) is 0 Å². The lowest BCUT2D eigenvalue weighted by atomic mass is 10.1. The molecule has 0 radical (unpaired) electrons. The number of halogens is 1. The molecule has 0 aliphatic carbocycles. The predicted octanol–water partition coefficient (Wildman–Crippen LogP) is 3.90. The molecule has 2 N–H and O–H groups in total. The Morgan fingerprint density at radius 1 is 1.24 bits per heavy atom. The number of nitrogens with one attached hydrogen (secondary N) is 2. The highest BCUT2D eigenvalue weighted by atomic mass is 35.5. The molecule has 0 saturated heterocycles. The number of esters is 1. The summed E-state index contributed by atoms with van der Waals surface area (Å²) in [5.74, 6) is 0.431. The second kappa shape index (κ2) is 10.3. The molecule has 176 valence electrons. The molecular formula is C23H23ClN6O3S. The van der Waals surface area contributed by atoms with E-state index >= 15 is 0 Å². The third-order valence-electron chi connectivity index (χ3n) is 5.26. The zero-order chi connectivity index (χ0) is 24.2. The van der Waals surface area contributed by atoms with Gasteiger partial charge in [-0.15, -0.1) is 10.2 Å². The first kappa shape index (κ1) is 23.8. The van der Waals surface area contributed by atoms with Crippen LogP contribution in [0.15, 0.2) is 59.2 Å². The Labute approximate surface area is 206 Å². The Balaban J connectivity index is 1.76. The second-order valence-corrected chi connectivity index (χ2v) is 8.83. The molecule has 1 atom stereocenters. The largest absolute Gasteiger partial charge is 0.463 e. The van der Waals surface area contributed by atoms with Crippen LogP contribution in [-0.4, -0.2) is 50.2 Å². The standard InChI is InChI=1S/C23H23ClN6O3S/c1-4-33-21(31)19-14(3)26-22(32)27-17(19)12-34-23-29-28-20(15-8-10-25-11-9-15)30(23)18-7-5-6-16(24)13(18)2/h5-11,14H,4,12H2,1-3H3,(H2,26,27,32)/t14-/m0/s1. The van der Waals surface area contributed by atoms with Crippen molar-refractivity contribution in [1.82, 2.24) is 30.4 Å². The minimum Gasteiger partial charge on any atom is -0.463 e. The SMILES string of the molecule is CCOC(=O)C1=C(CSc2nnc(-c3ccncc3)n2-c2cccc(Cl)c2C)NC(=O)N[C@H]1C. The van der Waals surface area contributed by atoms with Crippen LogP contribution in [0.3, 0.4) is 0 Å². The smallest absolute Gasteiger partial charge is 0.337 e. The van der Waals surface area contributed by atoms with Gasteiger partial charge in [0.05, 0.1) is 23.9 Å². The van der Waals surface area contributed by atoms with Crippen LogP contribution in [0.5, 0.6) is 0 Å². The Morgan fingerprint density at radius 2 is 2.00 bits per heavy atom. The first-order valence-corrected chi connectivity index (χ1v) is 12.0. The van der Waals surface area contributed by atoms with Gasteiger partial charge >= 0.3 is 12.0 Å². The van der Waals surface area contributed by atoms with Crippen molar-refractivity contribution < 1.29 is 14.3 Å². The molecule has 4 rings (SSSR count). The summed E-state index contributed by atoms with van der Waals surface area (Å²) in [4.78, 5) is 28.8. The topological polar surface area (TPSA) is 111 Å². The van der Waals surface area contributed by atoms with Crippen LogP contribution in [0.2, 0.25) is 5.02 Å². The van der Waals surface area contributed by atoms with Crippen LogP contribution in [0.25, 0.3) is 17.1 Å². The minimum absolute atomic E-state index is 0.237. The molecule has 1 aliphatic heterocycles. The summed E-state index contributed by atoms with van der Waals surface area (Å²) in [6.07, 6.45) is 3.38. The van der Waals surface area contributed by atoms with Crippen LogP contribution >= 0.6 is 23.4 Å². The molecular weight excluding hydrogens is 476 g/mol. The number of amides is 2. The fourth-order valence-electron chi connectivity index (χ4n) is 3.64. The van der Waals surface area contributed by atoms with E-state index in [0.717, 1.165) is 16.8 Å². The van der Waals surface area contributed by atoms with Crippen LogP contribution < -0.4 is 10.6 Å². The van der Waals surface area contributed by atoms with Gasteiger partial charge in [0.15, 0.2) is 11.0 Å². The van der Waals surface area contributed by atoms with Gasteiger partial charge in [-0.1, -0.05) is 29.4 Å². The van der Waals surface area contributed by atoms with E-state index in [9.17, 15) is 9.59 Å². The van der Waals surface area contributed by atoms with Gasteiger partial charge in [-0.2, -0.15) is 0 Å². The monoisotopic (exact) mass is 498 g/mol. The van der Waals surface area contributed by atoms with E-state index in [1.54, 1.807) is 26.2 Å². The first-order valence-electron chi connectivity index (χ1n) is 10.6. The number of hydrogen-bond acceptors (Lipinski definition) is 7. The van der Waals surface area contributed by atoms with E-state index < -0.39 is 12.0 Å². The maximum absolute atomic E-state index is 12.6. The third kappa shape index (κ3) is 4.78. The molecule has 2 aromatic heterocycles. The number of rotatable bonds is 7.